The van der Waals surface area contributed by atoms with Gasteiger partial charge in [-0.2, -0.15) is 0 Å². The predicted octanol–water partition coefficient (Wildman–Crippen LogP) is 7.54. The lowest BCUT2D eigenvalue weighted by Crippen LogP contribution is -2.57. The predicted molar refractivity (Wildman–Crippen MR) is 158 cm³/mol. The van der Waals surface area contributed by atoms with Crippen LogP contribution in [0.5, 0.6) is 5.75 Å². The van der Waals surface area contributed by atoms with E-state index in [0.29, 0.717) is 21.5 Å². The van der Waals surface area contributed by atoms with E-state index in [2.05, 4.69) is 33.2 Å². The Morgan fingerprint density at radius 2 is 1.71 bits per heavy atom. The van der Waals surface area contributed by atoms with E-state index in [1.54, 1.807) is 18.2 Å². The molecule has 2 heterocycles. The Hall–Kier alpha value is -2.29. The van der Waals surface area contributed by atoms with Gasteiger partial charge in [-0.3, -0.25) is 9.59 Å². The summed E-state index contributed by atoms with van der Waals surface area (Å²) < 4.78 is 7.60. The number of nitrogens with one attached hydrogen (secondary N) is 2. The van der Waals surface area contributed by atoms with Gasteiger partial charge in [0.1, 0.15) is 11.2 Å². The molecule has 0 aromatic heterocycles. The van der Waals surface area contributed by atoms with Crippen LogP contribution < -0.4 is 15.4 Å². The minimum absolute atomic E-state index is 0.116. The second kappa shape index (κ2) is 10.4. The molecule has 2 aliphatic heterocycles. The summed E-state index contributed by atoms with van der Waals surface area (Å²) in [6.45, 7) is 0. The van der Waals surface area contributed by atoms with Crippen molar-refractivity contribution in [1.29, 1.82) is 0 Å². The molecular formula is C30H27Cl2IN2O3. The molecule has 3 aromatic carbocycles. The highest BCUT2D eigenvalue weighted by Gasteiger charge is 2.61. The maximum atomic E-state index is 14.3. The second-order valence-corrected chi connectivity index (χ2v) is 12.5. The summed E-state index contributed by atoms with van der Waals surface area (Å²) in [5, 5.41) is 7.41. The van der Waals surface area contributed by atoms with Gasteiger partial charge < -0.3 is 15.4 Å². The topological polar surface area (TPSA) is 67.4 Å². The average molecular weight is 661 g/mol. The number of carbonyl (C=O) groups excluding carboxylic acids is 2. The first kappa shape index (κ1) is 26.0. The average Bonchev–Trinajstić information content (AvgIpc) is 3.18. The number of hydrogen-bond donors (Lipinski definition) is 2. The quantitative estimate of drug-likeness (QED) is 0.284. The first-order chi connectivity index (χ1) is 18.4. The lowest BCUT2D eigenvalue weighted by molar-refractivity contribution is -0.131. The van der Waals surface area contributed by atoms with Crippen LogP contribution in [0.4, 0.5) is 5.69 Å². The number of benzene rings is 3. The molecule has 1 unspecified atom stereocenters. The highest BCUT2D eigenvalue weighted by Crippen LogP contribution is 2.58. The molecule has 2 N–H and O–H groups in total. The largest absolute Gasteiger partial charge is 0.490 e. The fraction of sp³-hybridized carbons (Fsp3) is 0.333. The molecule has 2 fully saturated rings. The van der Waals surface area contributed by atoms with Gasteiger partial charge in [-0.25, -0.2) is 0 Å². The van der Waals surface area contributed by atoms with Gasteiger partial charge in [0.15, 0.2) is 0 Å². The molecule has 6 rings (SSSR count). The van der Waals surface area contributed by atoms with Crippen LogP contribution in [0.2, 0.25) is 10.0 Å². The van der Waals surface area contributed by atoms with Crippen molar-refractivity contribution in [2.75, 3.05) is 5.32 Å². The summed E-state index contributed by atoms with van der Waals surface area (Å²) in [5.74, 6) is -0.0396. The van der Waals surface area contributed by atoms with Gasteiger partial charge >= 0.3 is 0 Å². The van der Waals surface area contributed by atoms with Crippen molar-refractivity contribution in [2.24, 2.45) is 0 Å². The van der Waals surface area contributed by atoms with Crippen LogP contribution in [0.3, 0.4) is 0 Å². The molecule has 3 atom stereocenters. The van der Waals surface area contributed by atoms with E-state index >= 15 is 0 Å². The number of rotatable bonds is 4. The number of ether oxygens (including phenoxy) is 1. The van der Waals surface area contributed by atoms with Crippen molar-refractivity contribution < 1.29 is 14.3 Å². The molecule has 3 aromatic rings. The summed E-state index contributed by atoms with van der Waals surface area (Å²) in [4.78, 5) is 27.7. The van der Waals surface area contributed by atoms with Crippen LogP contribution in [-0.2, 0) is 15.0 Å². The lowest BCUT2D eigenvalue weighted by atomic mass is 9.59. The first-order valence-electron chi connectivity index (χ1n) is 13.0. The Kier molecular flexibility index (Phi) is 7.08. The molecule has 1 saturated heterocycles. The smallest absolute Gasteiger partial charge is 0.238 e. The summed E-state index contributed by atoms with van der Waals surface area (Å²) in [7, 11) is 0. The van der Waals surface area contributed by atoms with Gasteiger partial charge in [0.25, 0.3) is 0 Å². The molecule has 1 aliphatic carbocycles. The monoisotopic (exact) mass is 660 g/mol. The lowest BCUT2D eigenvalue weighted by Gasteiger charge is -2.46. The van der Waals surface area contributed by atoms with Crippen LogP contribution in [0.1, 0.15) is 67.2 Å². The van der Waals surface area contributed by atoms with Crippen molar-refractivity contribution in [3.05, 3.63) is 91.0 Å². The summed E-state index contributed by atoms with van der Waals surface area (Å²) in [5.41, 5.74) is 1.99. The normalized spacial score (nSPS) is 25.1. The van der Waals surface area contributed by atoms with E-state index in [4.69, 9.17) is 27.9 Å². The fourth-order valence-electron chi connectivity index (χ4n) is 6.48. The third-order valence-electron chi connectivity index (χ3n) is 8.13. The van der Waals surface area contributed by atoms with E-state index in [1.165, 1.54) is 6.42 Å². The molecule has 196 valence electrons. The van der Waals surface area contributed by atoms with Gasteiger partial charge in [0.05, 0.1) is 12.1 Å². The Morgan fingerprint density at radius 1 is 0.921 bits per heavy atom. The van der Waals surface area contributed by atoms with Gasteiger partial charge in [-0.1, -0.05) is 47.8 Å². The van der Waals surface area contributed by atoms with E-state index in [0.717, 1.165) is 45.9 Å². The highest BCUT2D eigenvalue weighted by molar-refractivity contribution is 14.1. The number of hydrogen-bond acceptors (Lipinski definition) is 3. The highest BCUT2D eigenvalue weighted by atomic mass is 127. The minimum Gasteiger partial charge on any atom is -0.490 e. The van der Waals surface area contributed by atoms with Crippen LogP contribution in [0, 0.1) is 3.57 Å². The Morgan fingerprint density at radius 3 is 2.50 bits per heavy atom. The molecule has 3 aliphatic rings. The molecule has 1 spiro atoms. The zero-order valence-electron chi connectivity index (χ0n) is 20.6. The molecule has 8 heteroatoms. The van der Waals surface area contributed by atoms with E-state index < -0.39 is 17.4 Å². The van der Waals surface area contributed by atoms with Crippen LogP contribution in [-0.4, -0.2) is 17.9 Å². The fourth-order valence-corrected chi connectivity index (χ4v) is 7.37. The van der Waals surface area contributed by atoms with Crippen molar-refractivity contribution in [3.8, 4) is 5.75 Å². The van der Waals surface area contributed by atoms with Crippen LogP contribution in [0.15, 0.2) is 60.7 Å². The number of halogens is 3. The number of carbonyl (C=O) groups is 2. The van der Waals surface area contributed by atoms with Crippen molar-refractivity contribution in [3.63, 3.8) is 0 Å². The number of amides is 2. The third-order valence-corrected chi connectivity index (χ3v) is 9.27. The minimum atomic E-state index is -1.13. The van der Waals surface area contributed by atoms with Gasteiger partial charge in [-0.15, -0.1) is 0 Å². The Bertz CT molecular complexity index is 1420. The third kappa shape index (κ3) is 4.48. The Balaban J connectivity index is 1.57. The molecular weight excluding hydrogens is 634 g/mol. The Labute approximate surface area is 245 Å². The summed E-state index contributed by atoms with van der Waals surface area (Å²) in [6.07, 6.45) is 5.77. The van der Waals surface area contributed by atoms with E-state index in [-0.39, 0.29) is 24.3 Å². The SMILES string of the molecule is O=C1C[C@@H](c2cccc(Cl)c2)C2(C(=O)Nc3cc(Cl)ccc32)[C@@H](c2cc(I)ccc2OC2CCCCC2)N1. The number of anilines is 1. The maximum absolute atomic E-state index is 14.3. The summed E-state index contributed by atoms with van der Waals surface area (Å²) in [6, 6.07) is 18.3. The van der Waals surface area contributed by atoms with Gasteiger partial charge in [0.2, 0.25) is 11.8 Å². The first-order valence-corrected chi connectivity index (χ1v) is 14.8. The molecule has 0 bridgehead atoms. The molecule has 5 nitrogen and oxygen atoms in total. The van der Waals surface area contributed by atoms with Crippen molar-refractivity contribution in [1.82, 2.24) is 5.32 Å². The standard InChI is InChI=1S/C30H27Cl2IN2O3/c31-18-6-4-5-17(13-18)24-16-27(36)35-28(30(24)23-11-9-19(32)14-25(23)34-29(30)37)22-15-20(33)10-12-26(22)38-21-7-2-1-3-8-21/h4-6,9-15,21,24,28H,1-3,7-8,16H2,(H,34,37)(H,35,36)/t24-,28+,30?/m0/s1. The molecule has 2 amide bonds. The molecule has 38 heavy (non-hydrogen) atoms. The number of piperidine rings is 1. The van der Waals surface area contributed by atoms with Crippen LogP contribution >= 0.6 is 45.8 Å². The zero-order chi connectivity index (χ0) is 26.4. The van der Waals surface area contributed by atoms with Crippen molar-refractivity contribution in [2.45, 2.75) is 62.0 Å². The van der Waals surface area contributed by atoms with E-state index in [9.17, 15) is 9.59 Å². The second-order valence-electron chi connectivity index (χ2n) is 10.4. The zero-order valence-corrected chi connectivity index (χ0v) is 24.3. The summed E-state index contributed by atoms with van der Waals surface area (Å²) >= 11 is 15.0. The van der Waals surface area contributed by atoms with Crippen molar-refractivity contribution >= 4 is 63.3 Å². The number of fused-ring (bicyclic) bond motifs is 2. The molecule has 0 radical (unpaired) electrons. The van der Waals surface area contributed by atoms with Gasteiger partial charge in [0, 0.05) is 37.2 Å². The molecule has 1 saturated carbocycles. The van der Waals surface area contributed by atoms with Gasteiger partial charge in [-0.05, 0) is 102 Å². The van der Waals surface area contributed by atoms with Crippen LogP contribution in [0.25, 0.3) is 0 Å². The van der Waals surface area contributed by atoms with E-state index in [1.807, 2.05) is 42.5 Å². The maximum Gasteiger partial charge on any atom is 0.238 e.